The molecule has 9 heteroatoms. The third kappa shape index (κ3) is 3.10. The molecule has 1 N–H and O–H groups in total. The minimum Gasteiger partial charge on any atom is -0.249 e. The fourth-order valence-corrected chi connectivity index (χ4v) is 2.97. The van der Waals surface area contributed by atoms with Gasteiger partial charge in [-0.3, -0.25) is 0 Å². The van der Waals surface area contributed by atoms with E-state index in [-0.39, 0.29) is 9.74 Å². The molecule has 1 aromatic heterocycles. The van der Waals surface area contributed by atoms with Gasteiger partial charge < -0.3 is 0 Å². The highest BCUT2D eigenvalue weighted by molar-refractivity contribution is 8.00. The van der Waals surface area contributed by atoms with Crippen LogP contribution in [-0.4, -0.2) is 20.3 Å². The van der Waals surface area contributed by atoms with E-state index < -0.39 is 20.9 Å². The van der Waals surface area contributed by atoms with Crippen LogP contribution in [0, 0.1) is 11.5 Å². The van der Waals surface area contributed by atoms with Crippen LogP contribution in [0.1, 0.15) is 16.8 Å². The lowest BCUT2D eigenvalue weighted by Gasteiger charge is -2.05. The maximum absolute atomic E-state index is 12.3. The van der Waals surface area contributed by atoms with E-state index in [0.717, 1.165) is 6.20 Å². The summed E-state index contributed by atoms with van der Waals surface area (Å²) in [7, 11) is -2.84. The van der Waals surface area contributed by atoms with E-state index in [1.54, 1.807) is 0 Å². The van der Waals surface area contributed by atoms with Crippen molar-refractivity contribution in [1.82, 2.24) is 9.71 Å². The van der Waals surface area contributed by atoms with Crippen LogP contribution in [0.4, 0.5) is 13.2 Å². The summed E-state index contributed by atoms with van der Waals surface area (Å²) >= 11 is 0.399. The van der Waals surface area contributed by atoms with Gasteiger partial charge in [-0.15, -0.1) is 11.3 Å². The van der Waals surface area contributed by atoms with Gasteiger partial charge in [0.25, 0.3) is 0 Å². The molecule has 0 radical (unpaired) electrons. The Hall–Kier alpha value is -1.27. The molecule has 4 nitrogen and oxygen atoms in total. The van der Waals surface area contributed by atoms with Crippen LogP contribution in [0.2, 0.25) is 0 Å². The Bertz CT molecular complexity index is 576. The summed E-state index contributed by atoms with van der Waals surface area (Å²) in [6.07, 6.45) is -0.749. The van der Waals surface area contributed by atoms with Gasteiger partial charge in [-0.1, -0.05) is 0 Å². The van der Waals surface area contributed by atoms with Crippen LogP contribution in [0.5, 0.6) is 0 Å². The molecule has 0 aliphatic carbocycles. The zero-order valence-corrected chi connectivity index (χ0v) is 10.5. The fourth-order valence-electron chi connectivity index (χ4n) is 0.924. The summed E-state index contributed by atoms with van der Waals surface area (Å²) in [6, 6.07) is 0. The summed E-state index contributed by atoms with van der Waals surface area (Å²) in [4.78, 5) is 3.54. The van der Waals surface area contributed by atoms with Crippen molar-refractivity contribution in [3.63, 3.8) is 0 Å². The first-order valence-corrected chi connectivity index (χ1v) is 6.99. The predicted molar refractivity (Wildman–Crippen MR) is 59.7 cm³/mol. The van der Waals surface area contributed by atoms with Crippen LogP contribution in [0.25, 0.3) is 0 Å². The molecule has 17 heavy (non-hydrogen) atoms. The van der Waals surface area contributed by atoms with Crippen molar-refractivity contribution in [3.8, 4) is 6.19 Å². The van der Waals surface area contributed by atoms with Crippen LogP contribution in [0.15, 0.2) is 6.20 Å². The first-order valence-electron chi connectivity index (χ1n) is 4.20. The molecular weight excluding hydrogens is 275 g/mol. The molecule has 1 aromatic rings. The average Bonchev–Trinajstić information content (AvgIpc) is 2.64. The third-order valence-electron chi connectivity index (χ3n) is 1.92. The lowest BCUT2D eigenvalue weighted by molar-refractivity contribution is -0.137. The van der Waals surface area contributed by atoms with Crippen molar-refractivity contribution in [1.29, 1.82) is 5.26 Å². The lowest BCUT2D eigenvalue weighted by atomic mass is 10.4. The Balaban J connectivity index is 3.25. The van der Waals surface area contributed by atoms with Gasteiger partial charge in [0, 0.05) is 17.3 Å². The van der Waals surface area contributed by atoms with Crippen molar-refractivity contribution in [2.24, 2.45) is 0 Å². The Morgan fingerprint density at radius 3 is 2.65 bits per heavy atom. The van der Waals surface area contributed by atoms with Gasteiger partial charge in [-0.25, -0.2) is 13.9 Å². The van der Waals surface area contributed by atoms with Gasteiger partial charge in [0.2, 0.25) is 0 Å². The monoisotopic (exact) mass is 283 g/mol. The van der Waals surface area contributed by atoms with Gasteiger partial charge in [-0.2, -0.15) is 18.4 Å². The van der Waals surface area contributed by atoms with E-state index in [0.29, 0.717) is 11.3 Å². The Morgan fingerprint density at radius 2 is 2.24 bits per heavy atom. The molecule has 0 saturated carbocycles. The normalized spacial score (nSPS) is 14.8. The Labute approximate surface area is 100 Å². The fraction of sp³-hybridized carbons (Fsp3) is 0.375. The number of nitrogens with zero attached hydrogens (tertiary/aromatic N) is 2. The number of hydrogen-bond donors (Lipinski definition) is 1. The number of rotatable bonds is 2. The second-order valence-electron chi connectivity index (χ2n) is 3.14. The molecule has 1 unspecified atom stereocenters. The Kier molecular flexibility index (Phi) is 3.68. The number of thiazole rings is 1. The molecule has 0 aliphatic rings. The minimum absolute atomic E-state index is 0.146. The van der Waals surface area contributed by atoms with Crippen molar-refractivity contribution >= 4 is 25.9 Å². The lowest BCUT2D eigenvalue weighted by Crippen LogP contribution is -2.23. The molecule has 0 bridgehead atoms. The maximum atomic E-state index is 12.3. The maximum Gasteiger partial charge on any atom is 0.443 e. The van der Waals surface area contributed by atoms with E-state index >= 15 is 0 Å². The largest absolute Gasteiger partial charge is 0.443 e. The summed E-state index contributed by atoms with van der Waals surface area (Å²) < 4.78 is 50.9. The molecule has 0 aromatic carbocycles. The van der Waals surface area contributed by atoms with Crippen molar-refractivity contribution < 1.29 is 17.4 Å². The Morgan fingerprint density at radius 1 is 1.65 bits per heavy atom. The zero-order chi connectivity index (χ0) is 13.3. The molecule has 0 saturated heterocycles. The number of hydrogen-bond acceptors (Lipinski definition) is 4. The highest BCUT2D eigenvalue weighted by Crippen LogP contribution is 2.32. The zero-order valence-electron chi connectivity index (χ0n) is 8.83. The van der Waals surface area contributed by atoms with Gasteiger partial charge in [0.1, 0.15) is 0 Å². The standard InChI is InChI=1S/C8H8F3N3OS2/c1-5(17(2,15)14-4-12)6-3-13-7(16-6)8(9,10)11/h3H,1-2H3,(H,14,15). The number of nitriles is 1. The minimum atomic E-state index is -4.51. The quantitative estimate of drug-likeness (QED) is 0.388. The van der Waals surface area contributed by atoms with Crippen LogP contribution >= 0.6 is 11.3 Å². The highest BCUT2D eigenvalue weighted by atomic mass is 32.2. The van der Waals surface area contributed by atoms with Gasteiger partial charge in [-0.05, 0) is 6.92 Å². The molecule has 1 rings (SSSR count). The van der Waals surface area contributed by atoms with E-state index in [4.69, 9.17) is 5.26 Å². The van der Waals surface area contributed by atoms with Crippen molar-refractivity contribution in [2.45, 2.75) is 13.1 Å². The van der Waals surface area contributed by atoms with Gasteiger partial charge >= 0.3 is 6.18 Å². The van der Waals surface area contributed by atoms with Gasteiger partial charge in [0.15, 0.2) is 11.2 Å². The predicted octanol–water partition coefficient (Wildman–Crippen LogP) is 1.60. The van der Waals surface area contributed by atoms with E-state index in [1.807, 2.05) is 0 Å². The number of alkyl halides is 3. The van der Waals surface area contributed by atoms with Crippen LogP contribution < -0.4 is 4.72 Å². The molecule has 1 atom stereocenters. The summed E-state index contributed by atoms with van der Waals surface area (Å²) in [5.74, 6) is 0. The summed E-state index contributed by atoms with van der Waals surface area (Å²) in [6.45, 7) is 1.40. The van der Waals surface area contributed by atoms with Gasteiger partial charge in [0.05, 0.1) is 14.6 Å². The number of aromatic nitrogens is 1. The molecule has 0 amide bonds. The SMILES string of the molecule is CC(c1cnc(C(F)(F)F)s1)=S(C)(=O)NC#N. The molecule has 1 heterocycles. The van der Waals surface area contributed by atoms with Crippen molar-refractivity contribution in [3.05, 3.63) is 16.1 Å². The number of nitrogens with one attached hydrogen (secondary N) is 1. The second-order valence-corrected chi connectivity index (χ2v) is 6.68. The average molecular weight is 283 g/mol. The van der Waals surface area contributed by atoms with E-state index in [9.17, 15) is 17.4 Å². The summed E-state index contributed by atoms with van der Waals surface area (Å²) in [5.41, 5.74) is 0. The molecule has 0 aliphatic heterocycles. The molecule has 94 valence electrons. The van der Waals surface area contributed by atoms with Crippen LogP contribution in [0.3, 0.4) is 0 Å². The second kappa shape index (κ2) is 4.54. The highest BCUT2D eigenvalue weighted by Gasteiger charge is 2.34. The summed E-state index contributed by atoms with van der Waals surface area (Å²) in [5, 5.41) is 7.39. The van der Waals surface area contributed by atoms with E-state index in [2.05, 4.69) is 9.71 Å². The van der Waals surface area contributed by atoms with E-state index in [1.165, 1.54) is 19.4 Å². The molecule has 0 spiro atoms. The molecule has 0 fully saturated rings. The number of halogens is 3. The smallest absolute Gasteiger partial charge is 0.249 e. The van der Waals surface area contributed by atoms with Crippen molar-refractivity contribution in [2.75, 3.05) is 6.26 Å². The first-order chi connectivity index (χ1) is 7.68. The van der Waals surface area contributed by atoms with Crippen LogP contribution in [-0.2, 0) is 15.9 Å². The first kappa shape index (κ1) is 13.8. The topological polar surface area (TPSA) is 65.8 Å². The third-order valence-corrected chi connectivity index (χ3v) is 5.08. The molecular formula is C8H8F3N3OS2.